The molecule has 1 nitrogen and oxygen atoms in total. The van der Waals surface area contributed by atoms with Gasteiger partial charge in [0.1, 0.15) is 11.6 Å². The number of hydrogen-bond donors (Lipinski definition) is 1. The summed E-state index contributed by atoms with van der Waals surface area (Å²) in [5.74, 6) is -0.612. The maximum Gasteiger partial charge on any atom is 0.129 e. The van der Waals surface area contributed by atoms with Gasteiger partial charge in [-0.15, -0.1) is 0 Å². The van der Waals surface area contributed by atoms with E-state index in [0.717, 1.165) is 6.42 Å². The first-order chi connectivity index (χ1) is 6.24. The highest BCUT2D eigenvalue weighted by Gasteiger charge is 2.40. The Kier molecular flexibility index (Phi) is 2.04. The van der Waals surface area contributed by atoms with E-state index in [1.54, 1.807) is 0 Å². The summed E-state index contributed by atoms with van der Waals surface area (Å²) in [6, 6.07) is 3.97. The summed E-state index contributed by atoms with van der Waals surface area (Å²) < 4.78 is 26.3. The highest BCUT2D eigenvalue weighted by atomic mass is 19.1. The van der Waals surface area contributed by atoms with Crippen LogP contribution in [0, 0.1) is 17.6 Å². The van der Waals surface area contributed by atoms with Gasteiger partial charge in [-0.3, -0.25) is 0 Å². The normalized spacial score (nSPS) is 26.1. The molecule has 1 aromatic carbocycles. The Labute approximate surface area is 75.6 Å². The van der Waals surface area contributed by atoms with Gasteiger partial charge in [0, 0.05) is 5.56 Å². The third-order valence-electron chi connectivity index (χ3n) is 2.60. The predicted octanol–water partition coefficient (Wildman–Crippen LogP) is 2.03. The van der Waals surface area contributed by atoms with Gasteiger partial charge in [0.05, 0.1) is 0 Å². The van der Waals surface area contributed by atoms with Crippen LogP contribution < -0.4 is 5.73 Å². The maximum atomic E-state index is 13.2. The molecule has 1 aromatic rings. The number of benzene rings is 1. The molecule has 0 saturated heterocycles. The minimum absolute atomic E-state index is 0.00574. The van der Waals surface area contributed by atoms with Crippen LogP contribution in [0.5, 0.6) is 0 Å². The van der Waals surface area contributed by atoms with Gasteiger partial charge in [-0.2, -0.15) is 0 Å². The van der Waals surface area contributed by atoms with Crippen molar-refractivity contribution >= 4 is 0 Å². The molecule has 0 unspecified atom stereocenters. The van der Waals surface area contributed by atoms with Crippen LogP contribution in [0.2, 0.25) is 0 Å². The van der Waals surface area contributed by atoms with Crippen molar-refractivity contribution in [1.82, 2.24) is 0 Å². The van der Waals surface area contributed by atoms with Crippen molar-refractivity contribution in [3.05, 3.63) is 35.4 Å². The zero-order valence-electron chi connectivity index (χ0n) is 7.13. The van der Waals surface area contributed by atoms with Crippen LogP contribution in [-0.2, 0) is 0 Å². The molecule has 70 valence electrons. The lowest BCUT2D eigenvalue weighted by atomic mass is 10.1. The number of hydrogen-bond acceptors (Lipinski definition) is 1. The van der Waals surface area contributed by atoms with Crippen LogP contribution in [0.25, 0.3) is 0 Å². The van der Waals surface area contributed by atoms with Crippen molar-refractivity contribution in [3.63, 3.8) is 0 Å². The van der Waals surface area contributed by atoms with Gasteiger partial charge in [0.15, 0.2) is 0 Å². The number of halogens is 2. The smallest absolute Gasteiger partial charge is 0.129 e. The van der Waals surface area contributed by atoms with Crippen molar-refractivity contribution < 1.29 is 8.78 Å². The average Bonchev–Trinajstić information content (AvgIpc) is 2.83. The van der Waals surface area contributed by atoms with E-state index in [9.17, 15) is 8.78 Å². The fourth-order valence-electron chi connectivity index (χ4n) is 1.73. The van der Waals surface area contributed by atoms with Crippen molar-refractivity contribution in [2.24, 2.45) is 11.7 Å². The summed E-state index contributed by atoms with van der Waals surface area (Å²) >= 11 is 0. The lowest BCUT2D eigenvalue weighted by Crippen LogP contribution is -2.03. The fourth-order valence-corrected chi connectivity index (χ4v) is 1.73. The second-order valence-corrected chi connectivity index (χ2v) is 3.47. The predicted molar refractivity (Wildman–Crippen MR) is 46.3 cm³/mol. The SMILES string of the molecule is NC[C@H]1C[C@H]1c1c(F)cccc1F. The third-order valence-corrected chi connectivity index (χ3v) is 2.60. The van der Waals surface area contributed by atoms with Crippen LogP contribution in [0.1, 0.15) is 17.9 Å². The third kappa shape index (κ3) is 1.44. The minimum atomic E-state index is -0.444. The molecule has 2 atom stereocenters. The molecule has 0 aliphatic heterocycles. The average molecular weight is 183 g/mol. The molecule has 0 heterocycles. The van der Waals surface area contributed by atoms with E-state index >= 15 is 0 Å². The molecule has 13 heavy (non-hydrogen) atoms. The van der Waals surface area contributed by atoms with Gasteiger partial charge in [-0.1, -0.05) is 6.07 Å². The van der Waals surface area contributed by atoms with Gasteiger partial charge in [-0.05, 0) is 36.9 Å². The Morgan fingerprint density at radius 2 is 1.92 bits per heavy atom. The molecule has 0 amide bonds. The summed E-state index contributed by atoms with van der Waals surface area (Å²) in [5.41, 5.74) is 5.64. The lowest BCUT2D eigenvalue weighted by molar-refractivity contribution is 0.551. The molecule has 1 aliphatic rings. The van der Waals surface area contributed by atoms with E-state index in [4.69, 9.17) is 5.73 Å². The molecule has 1 aliphatic carbocycles. The van der Waals surface area contributed by atoms with Gasteiger partial charge in [-0.25, -0.2) is 8.78 Å². The molecule has 1 saturated carbocycles. The van der Waals surface area contributed by atoms with Crippen molar-refractivity contribution in [2.75, 3.05) is 6.54 Å². The highest BCUT2D eigenvalue weighted by Crippen LogP contribution is 2.48. The Morgan fingerprint density at radius 3 is 2.38 bits per heavy atom. The summed E-state index contributed by atoms with van der Waals surface area (Å²) in [7, 11) is 0. The Balaban J connectivity index is 2.30. The summed E-state index contributed by atoms with van der Waals surface area (Å²) in [5, 5.41) is 0. The van der Waals surface area contributed by atoms with Gasteiger partial charge < -0.3 is 5.73 Å². The molecule has 0 spiro atoms. The second kappa shape index (κ2) is 3.07. The molecule has 2 N–H and O–H groups in total. The van der Waals surface area contributed by atoms with E-state index in [-0.39, 0.29) is 17.4 Å². The van der Waals surface area contributed by atoms with Crippen LogP contribution in [0.4, 0.5) is 8.78 Å². The zero-order valence-corrected chi connectivity index (χ0v) is 7.13. The molecule has 0 aromatic heterocycles. The standard InChI is InChI=1S/C10H11F2N/c11-8-2-1-3-9(12)10(8)7-4-6(7)5-13/h1-3,6-7H,4-5,13H2/t6-,7-/m1/s1. The topological polar surface area (TPSA) is 26.0 Å². The quantitative estimate of drug-likeness (QED) is 0.745. The van der Waals surface area contributed by atoms with E-state index in [1.165, 1.54) is 18.2 Å². The molecule has 0 radical (unpaired) electrons. The first-order valence-corrected chi connectivity index (χ1v) is 4.38. The first-order valence-electron chi connectivity index (χ1n) is 4.38. The maximum absolute atomic E-state index is 13.2. The van der Waals surface area contributed by atoms with Crippen molar-refractivity contribution in [2.45, 2.75) is 12.3 Å². The number of rotatable bonds is 2. The van der Waals surface area contributed by atoms with Crippen LogP contribution in [-0.4, -0.2) is 6.54 Å². The van der Waals surface area contributed by atoms with Crippen LogP contribution in [0.3, 0.4) is 0 Å². The Bertz CT molecular complexity index is 304. The van der Waals surface area contributed by atoms with Gasteiger partial charge >= 0.3 is 0 Å². The molecule has 0 bridgehead atoms. The lowest BCUT2D eigenvalue weighted by Gasteiger charge is -2.02. The summed E-state index contributed by atoms with van der Waals surface area (Å²) in [6.45, 7) is 0.512. The van der Waals surface area contributed by atoms with Crippen LogP contribution >= 0.6 is 0 Å². The van der Waals surface area contributed by atoms with Crippen LogP contribution in [0.15, 0.2) is 18.2 Å². The van der Waals surface area contributed by atoms with Gasteiger partial charge in [0.2, 0.25) is 0 Å². The number of nitrogens with two attached hydrogens (primary N) is 1. The van der Waals surface area contributed by atoms with E-state index in [0.29, 0.717) is 6.54 Å². The molecule has 1 fully saturated rings. The minimum Gasteiger partial charge on any atom is -0.330 e. The van der Waals surface area contributed by atoms with E-state index < -0.39 is 11.6 Å². The fraction of sp³-hybridized carbons (Fsp3) is 0.400. The Morgan fingerprint density at radius 1 is 1.31 bits per heavy atom. The Hall–Kier alpha value is -0.960. The summed E-state index contributed by atoms with van der Waals surface area (Å²) in [4.78, 5) is 0. The van der Waals surface area contributed by atoms with Gasteiger partial charge in [0.25, 0.3) is 0 Å². The van der Waals surface area contributed by atoms with E-state index in [2.05, 4.69) is 0 Å². The van der Waals surface area contributed by atoms with Crippen molar-refractivity contribution in [1.29, 1.82) is 0 Å². The molecule has 3 heteroatoms. The first kappa shape index (κ1) is 8.63. The largest absolute Gasteiger partial charge is 0.330 e. The zero-order chi connectivity index (χ0) is 9.42. The molecular weight excluding hydrogens is 172 g/mol. The second-order valence-electron chi connectivity index (χ2n) is 3.47. The molecular formula is C10H11F2N. The van der Waals surface area contributed by atoms with Crippen molar-refractivity contribution in [3.8, 4) is 0 Å². The molecule has 2 rings (SSSR count). The summed E-state index contributed by atoms with van der Waals surface area (Å²) in [6.07, 6.45) is 0.814. The van der Waals surface area contributed by atoms with E-state index in [1.807, 2.05) is 0 Å². The highest BCUT2D eigenvalue weighted by molar-refractivity contribution is 5.29. The monoisotopic (exact) mass is 183 g/mol.